The molecule has 5 heteroatoms. The van der Waals surface area contributed by atoms with Gasteiger partial charge in [0.05, 0.1) is 34.3 Å². The van der Waals surface area contributed by atoms with E-state index in [1.807, 2.05) is 6.07 Å². The number of nitrogens with zero attached hydrogens (tertiary/aromatic N) is 2. The van der Waals surface area contributed by atoms with E-state index in [9.17, 15) is 0 Å². The standard InChI is InChI=1S/C14H9BrN4/c15-11-3-2-10(8-17)14(6-11)19-13-4-1-9(7-16)5-12(13)18/h1-6,19H,18H2. The molecule has 0 aliphatic rings. The average molecular weight is 313 g/mol. The monoisotopic (exact) mass is 312 g/mol. The molecule has 0 radical (unpaired) electrons. The lowest BCUT2D eigenvalue weighted by atomic mass is 10.1. The molecule has 2 aromatic carbocycles. The Morgan fingerprint density at radius 2 is 1.79 bits per heavy atom. The fraction of sp³-hybridized carbons (Fsp3) is 0. The lowest BCUT2D eigenvalue weighted by Gasteiger charge is -2.11. The molecule has 0 aliphatic heterocycles. The summed E-state index contributed by atoms with van der Waals surface area (Å²) in [7, 11) is 0. The van der Waals surface area contributed by atoms with Crippen molar-refractivity contribution in [3.63, 3.8) is 0 Å². The lowest BCUT2D eigenvalue weighted by molar-refractivity contribution is 1.44. The van der Waals surface area contributed by atoms with Crippen LogP contribution in [0.15, 0.2) is 40.9 Å². The number of nitriles is 2. The van der Waals surface area contributed by atoms with E-state index in [2.05, 4.69) is 27.3 Å². The van der Waals surface area contributed by atoms with Gasteiger partial charge in [0.1, 0.15) is 6.07 Å². The van der Waals surface area contributed by atoms with E-state index >= 15 is 0 Å². The zero-order chi connectivity index (χ0) is 13.8. The first kappa shape index (κ1) is 12.9. The van der Waals surface area contributed by atoms with Gasteiger partial charge in [-0.25, -0.2) is 0 Å². The van der Waals surface area contributed by atoms with Crippen molar-refractivity contribution >= 4 is 33.0 Å². The summed E-state index contributed by atoms with van der Waals surface area (Å²) in [5.74, 6) is 0. The summed E-state index contributed by atoms with van der Waals surface area (Å²) >= 11 is 3.36. The summed E-state index contributed by atoms with van der Waals surface area (Å²) in [5, 5.41) is 20.9. The van der Waals surface area contributed by atoms with E-state index in [1.54, 1.807) is 36.4 Å². The number of halogens is 1. The fourth-order valence-corrected chi connectivity index (χ4v) is 1.97. The van der Waals surface area contributed by atoms with Crippen LogP contribution in [0.4, 0.5) is 17.1 Å². The van der Waals surface area contributed by atoms with Crippen molar-refractivity contribution in [3.8, 4) is 12.1 Å². The van der Waals surface area contributed by atoms with E-state index in [1.165, 1.54) is 0 Å². The van der Waals surface area contributed by atoms with Crippen LogP contribution in [0.5, 0.6) is 0 Å². The van der Waals surface area contributed by atoms with Crippen LogP contribution in [0.25, 0.3) is 0 Å². The maximum Gasteiger partial charge on any atom is 0.101 e. The van der Waals surface area contributed by atoms with E-state index < -0.39 is 0 Å². The highest BCUT2D eigenvalue weighted by Crippen LogP contribution is 2.28. The summed E-state index contributed by atoms with van der Waals surface area (Å²) in [5.41, 5.74) is 8.67. The zero-order valence-corrected chi connectivity index (χ0v) is 11.4. The van der Waals surface area contributed by atoms with Gasteiger partial charge in [0, 0.05) is 4.47 Å². The summed E-state index contributed by atoms with van der Waals surface area (Å²) < 4.78 is 0.862. The molecule has 0 atom stereocenters. The minimum Gasteiger partial charge on any atom is -0.397 e. The molecule has 0 bridgehead atoms. The molecular weight excluding hydrogens is 304 g/mol. The molecule has 2 rings (SSSR count). The number of hydrogen-bond donors (Lipinski definition) is 2. The molecule has 92 valence electrons. The Kier molecular flexibility index (Phi) is 3.70. The molecular formula is C14H9BrN4. The van der Waals surface area contributed by atoms with Gasteiger partial charge in [0.15, 0.2) is 0 Å². The van der Waals surface area contributed by atoms with Crippen LogP contribution in [0, 0.1) is 22.7 Å². The maximum atomic E-state index is 9.06. The van der Waals surface area contributed by atoms with E-state index in [0.29, 0.717) is 28.2 Å². The van der Waals surface area contributed by atoms with Crippen LogP contribution in [0.3, 0.4) is 0 Å². The second-order valence-electron chi connectivity index (χ2n) is 3.84. The Labute approximate surface area is 119 Å². The minimum absolute atomic E-state index is 0.461. The topological polar surface area (TPSA) is 85.6 Å². The van der Waals surface area contributed by atoms with Crippen molar-refractivity contribution in [1.29, 1.82) is 10.5 Å². The number of nitrogens with two attached hydrogens (primary N) is 1. The van der Waals surface area contributed by atoms with Gasteiger partial charge in [-0.05, 0) is 36.4 Å². The molecule has 4 nitrogen and oxygen atoms in total. The summed E-state index contributed by atoms with van der Waals surface area (Å²) in [6.07, 6.45) is 0. The number of benzene rings is 2. The molecule has 0 spiro atoms. The predicted molar refractivity (Wildman–Crippen MR) is 77.7 cm³/mol. The van der Waals surface area contributed by atoms with Gasteiger partial charge in [-0.1, -0.05) is 15.9 Å². The number of hydrogen-bond acceptors (Lipinski definition) is 4. The Morgan fingerprint density at radius 3 is 2.42 bits per heavy atom. The van der Waals surface area contributed by atoms with E-state index in [-0.39, 0.29) is 0 Å². The van der Waals surface area contributed by atoms with Crippen LogP contribution in [-0.2, 0) is 0 Å². The summed E-state index contributed by atoms with van der Waals surface area (Å²) in [6.45, 7) is 0. The minimum atomic E-state index is 0.461. The lowest BCUT2D eigenvalue weighted by Crippen LogP contribution is -1.98. The molecule has 0 amide bonds. The molecule has 0 saturated carbocycles. The fourth-order valence-electron chi connectivity index (χ4n) is 1.61. The highest BCUT2D eigenvalue weighted by atomic mass is 79.9. The first-order chi connectivity index (χ1) is 9.13. The molecule has 0 fully saturated rings. The third kappa shape index (κ3) is 2.85. The van der Waals surface area contributed by atoms with Gasteiger partial charge >= 0.3 is 0 Å². The van der Waals surface area contributed by atoms with Crippen LogP contribution in [0.2, 0.25) is 0 Å². The molecule has 2 aromatic rings. The molecule has 0 saturated heterocycles. The average Bonchev–Trinajstić information content (AvgIpc) is 2.41. The predicted octanol–water partition coefficient (Wildman–Crippen LogP) is 3.52. The van der Waals surface area contributed by atoms with Crippen molar-refractivity contribution < 1.29 is 0 Å². The smallest absolute Gasteiger partial charge is 0.101 e. The van der Waals surface area contributed by atoms with Crippen LogP contribution in [0.1, 0.15) is 11.1 Å². The summed E-state index contributed by atoms with van der Waals surface area (Å²) in [6, 6.07) is 14.4. The van der Waals surface area contributed by atoms with Gasteiger partial charge in [0.2, 0.25) is 0 Å². The number of nitrogens with one attached hydrogen (secondary N) is 1. The highest BCUT2D eigenvalue weighted by Gasteiger charge is 2.06. The van der Waals surface area contributed by atoms with Crippen LogP contribution in [-0.4, -0.2) is 0 Å². The molecule has 0 aromatic heterocycles. The molecule has 3 N–H and O–H groups in total. The first-order valence-corrected chi connectivity index (χ1v) is 6.19. The van der Waals surface area contributed by atoms with Crippen LogP contribution >= 0.6 is 15.9 Å². The Hall–Kier alpha value is -2.50. The first-order valence-electron chi connectivity index (χ1n) is 5.40. The number of anilines is 3. The van der Waals surface area contributed by atoms with Gasteiger partial charge in [-0.3, -0.25) is 0 Å². The quantitative estimate of drug-likeness (QED) is 0.831. The van der Waals surface area contributed by atoms with Crippen molar-refractivity contribution in [3.05, 3.63) is 52.0 Å². The molecule has 0 unspecified atom stereocenters. The highest BCUT2D eigenvalue weighted by molar-refractivity contribution is 9.10. The number of nitrogen functional groups attached to an aromatic ring is 1. The Morgan fingerprint density at radius 1 is 1.00 bits per heavy atom. The molecule has 0 heterocycles. The van der Waals surface area contributed by atoms with Crippen molar-refractivity contribution in [2.75, 3.05) is 11.1 Å². The third-order valence-corrected chi connectivity index (χ3v) is 3.05. The van der Waals surface area contributed by atoms with Gasteiger partial charge in [-0.15, -0.1) is 0 Å². The van der Waals surface area contributed by atoms with Crippen molar-refractivity contribution in [1.82, 2.24) is 0 Å². The normalized spacial score (nSPS) is 9.42. The van der Waals surface area contributed by atoms with Gasteiger partial charge < -0.3 is 11.1 Å². The SMILES string of the molecule is N#Cc1ccc(Nc2cc(Br)ccc2C#N)c(N)c1. The Balaban J connectivity index is 2.40. The van der Waals surface area contributed by atoms with E-state index in [4.69, 9.17) is 16.3 Å². The second kappa shape index (κ2) is 5.43. The van der Waals surface area contributed by atoms with Crippen molar-refractivity contribution in [2.45, 2.75) is 0 Å². The van der Waals surface area contributed by atoms with Gasteiger partial charge in [0.25, 0.3) is 0 Å². The Bertz CT molecular complexity index is 710. The maximum absolute atomic E-state index is 9.06. The summed E-state index contributed by atoms with van der Waals surface area (Å²) in [4.78, 5) is 0. The molecule has 19 heavy (non-hydrogen) atoms. The third-order valence-electron chi connectivity index (χ3n) is 2.55. The van der Waals surface area contributed by atoms with Gasteiger partial charge in [-0.2, -0.15) is 10.5 Å². The van der Waals surface area contributed by atoms with E-state index in [0.717, 1.165) is 4.47 Å². The number of rotatable bonds is 2. The largest absolute Gasteiger partial charge is 0.397 e. The van der Waals surface area contributed by atoms with Crippen LogP contribution < -0.4 is 11.1 Å². The van der Waals surface area contributed by atoms with Crippen molar-refractivity contribution in [2.24, 2.45) is 0 Å². The molecule has 0 aliphatic carbocycles. The zero-order valence-electron chi connectivity index (χ0n) is 9.81. The second-order valence-corrected chi connectivity index (χ2v) is 4.76.